The number of methoxy groups -OCH3 is 1. The van der Waals surface area contributed by atoms with Gasteiger partial charge in [-0.1, -0.05) is 60.7 Å². The molecular weight excluding hydrogens is 364 g/mol. The predicted octanol–water partition coefficient (Wildman–Crippen LogP) is 3.78. The molecule has 0 heterocycles. The summed E-state index contributed by atoms with van der Waals surface area (Å²) in [6.07, 6.45) is 0.528. The summed E-state index contributed by atoms with van der Waals surface area (Å²) in [6, 6.07) is 26.4. The normalized spacial score (nSPS) is 11.3. The maximum atomic E-state index is 13.0. The third kappa shape index (κ3) is 5.94. The molecule has 3 aromatic carbocycles. The zero-order valence-electron chi connectivity index (χ0n) is 16.3. The predicted molar refractivity (Wildman–Crippen MR) is 114 cm³/mol. The van der Waals surface area contributed by atoms with Crippen molar-refractivity contribution < 1.29 is 14.3 Å². The van der Waals surface area contributed by atoms with Gasteiger partial charge in [0.15, 0.2) is 0 Å². The van der Waals surface area contributed by atoms with Crippen molar-refractivity contribution in [3.05, 3.63) is 96.1 Å². The van der Waals surface area contributed by atoms with E-state index < -0.39 is 5.92 Å². The van der Waals surface area contributed by atoms with E-state index in [0.717, 1.165) is 11.1 Å². The summed E-state index contributed by atoms with van der Waals surface area (Å²) in [5.41, 5.74) is 2.58. The number of anilines is 1. The third-order valence-electron chi connectivity index (χ3n) is 4.58. The Labute approximate surface area is 170 Å². The summed E-state index contributed by atoms with van der Waals surface area (Å²) in [4.78, 5) is 25.2. The van der Waals surface area contributed by atoms with Crippen molar-refractivity contribution in [2.24, 2.45) is 0 Å². The lowest BCUT2D eigenvalue weighted by Crippen LogP contribution is -2.36. The van der Waals surface area contributed by atoms with E-state index in [0.29, 0.717) is 17.9 Å². The summed E-state index contributed by atoms with van der Waals surface area (Å²) in [7, 11) is 1.60. The van der Waals surface area contributed by atoms with Crippen molar-refractivity contribution in [2.75, 3.05) is 19.0 Å². The number of rotatable bonds is 8. The largest absolute Gasteiger partial charge is 0.497 e. The van der Waals surface area contributed by atoms with Gasteiger partial charge in [0.25, 0.3) is 0 Å². The van der Waals surface area contributed by atoms with Crippen LogP contribution >= 0.6 is 0 Å². The first-order chi connectivity index (χ1) is 14.2. The monoisotopic (exact) mass is 388 g/mol. The molecule has 3 aromatic rings. The Bertz CT molecular complexity index is 943. The molecule has 0 aromatic heterocycles. The Morgan fingerprint density at radius 2 is 1.59 bits per heavy atom. The number of benzene rings is 3. The number of ether oxygens (including phenoxy) is 1. The van der Waals surface area contributed by atoms with Crippen LogP contribution in [0.25, 0.3) is 0 Å². The van der Waals surface area contributed by atoms with E-state index in [-0.39, 0.29) is 18.4 Å². The SMILES string of the molecule is COc1cccc(C(Cc2ccccc2)C(=O)NCC(=O)Nc2ccccc2)c1. The van der Waals surface area contributed by atoms with Crippen LogP contribution in [0.1, 0.15) is 17.0 Å². The van der Waals surface area contributed by atoms with E-state index in [1.165, 1.54) is 0 Å². The highest BCUT2D eigenvalue weighted by Gasteiger charge is 2.22. The molecule has 0 aliphatic carbocycles. The summed E-state index contributed by atoms with van der Waals surface area (Å²) < 4.78 is 5.30. The lowest BCUT2D eigenvalue weighted by atomic mass is 9.91. The number of amides is 2. The lowest BCUT2D eigenvalue weighted by Gasteiger charge is -2.18. The molecule has 0 aliphatic rings. The van der Waals surface area contributed by atoms with Gasteiger partial charge in [0.1, 0.15) is 5.75 Å². The number of hydrogen-bond donors (Lipinski definition) is 2. The molecule has 0 fully saturated rings. The van der Waals surface area contributed by atoms with Crippen LogP contribution in [0.15, 0.2) is 84.9 Å². The first kappa shape index (κ1) is 20.1. The maximum absolute atomic E-state index is 13.0. The van der Waals surface area contributed by atoms with Crippen LogP contribution in [0.3, 0.4) is 0 Å². The van der Waals surface area contributed by atoms with E-state index in [1.54, 1.807) is 19.2 Å². The molecule has 0 bridgehead atoms. The van der Waals surface area contributed by atoms with Gasteiger partial charge in [-0.2, -0.15) is 0 Å². The molecule has 0 spiro atoms. The molecule has 2 N–H and O–H groups in total. The van der Waals surface area contributed by atoms with Crippen molar-refractivity contribution in [3.8, 4) is 5.75 Å². The zero-order valence-corrected chi connectivity index (χ0v) is 16.3. The molecule has 5 nitrogen and oxygen atoms in total. The van der Waals surface area contributed by atoms with Crippen LogP contribution in [-0.2, 0) is 16.0 Å². The third-order valence-corrected chi connectivity index (χ3v) is 4.58. The second-order valence-electron chi connectivity index (χ2n) is 6.65. The van der Waals surface area contributed by atoms with Gasteiger partial charge in [-0.05, 0) is 41.8 Å². The first-order valence-electron chi connectivity index (χ1n) is 9.46. The fourth-order valence-electron chi connectivity index (χ4n) is 3.09. The van der Waals surface area contributed by atoms with Crippen LogP contribution < -0.4 is 15.4 Å². The van der Waals surface area contributed by atoms with Crippen molar-refractivity contribution in [2.45, 2.75) is 12.3 Å². The minimum absolute atomic E-state index is 0.0943. The maximum Gasteiger partial charge on any atom is 0.243 e. The molecule has 0 radical (unpaired) electrons. The van der Waals surface area contributed by atoms with Gasteiger partial charge in [0, 0.05) is 5.69 Å². The van der Waals surface area contributed by atoms with Crippen LogP contribution in [-0.4, -0.2) is 25.5 Å². The van der Waals surface area contributed by atoms with E-state index >= 15 is 0 Å². The fraction of sp³-hybridized carbons (Fsp3) is 0.167. The summed E-state index contributed by atoms with van der Waals surface area (Å²) in [6.45, 7) is -0.0943. The second kappa shape index (κ2) is 10.1. The Hall–Kier alpha value is -3.60. The van der Waals surface area contributed by atoms with Crippen LogP contribution in [0.5, 0.6) is 5.75 Å². The smallest absolute Gasteiger partial charge is 0.243 e. The quantitative estimate of drug-likeness (QED) is 0.617. The average molecular weight is 388 g/mol. The Balaban J connectivity index is 1.70. The molecule has 29 heavy (non-hydrogen) atoms. The highest BCUT2D eigenvalue weighted by atomic mass is 16.5. The second-order valence-corrected chi connectivity index (χ2v) is 6.65. The minimum atomic E-state index is -0.433. The molecule has 0 aliphatic heterocycles. The highest BCUT2D eigenvalue weighted by molar-refractivity contribution is 5.95. The number of carbonyl (C=O) groups is 2. The van der Waals surface area contributed by atoms with E-state index in [9.17, 15) is 9.59 Å². The highest BCUT2D eigenvalue weighted by Crippen LogP contribution is 2.25. The van der Waals surface area contributed by atoms with Gasteiger partial charge in [-0.15, -0.1) is 0 Å². The molecule has 0 saturated carbocycles. The molecule has 3 rings (SSSR count). The molecule has 2 amide bonds. The van der Waals surface area contributed by atoms with E-state index in [4.69, 9.17) is 4.74 Å². The van der Waals surface area contributed by atoms with Crippen LogP contribution in [0.2, 0.25) is 0 Å². The number of nitrogens with one attached hydrogen (secondary N) is 2. The van der Waals surface area contributed by atoms with Gasteiger partial charge in [0.2, 0.25) is 11.8 Å². The molecular formula is C24H24N2O3. The fourth-order valence-corrected chi connectivity index (χ4v) is 3.09. The molecule has 0 saturated heterocycles. The molecule has 148 valence electrons. The standard InChI is InChI=1S/C24H24N2O3/c1-29-21-14-8-11-19(16-21)22(15-18-9-4-2-5-10-18)24(28)25-17-23(27)26-20-12-6-3-7-13-20/h2-14,16,22H,15,17H2,1H3,(H,25,28)(H,26,27). The van der Waals surface area contributed by atoms with Crippen LogP contribution in [0, 0.1) is 0 Å². The van der Waals surface area contributed by atoms with Gasteiger partial charge in [0.05, 0.1) is 19.6 Å². The number of carbonyl (C=O) groups excluding carboxylic acids is 2. The lowest BCUT2D eigenvalue weighted by molar-refractivity contribution is -0.125. The molecule has 5 heteroatoms. The zero-order chi connectivity index (χ0) is 20.5. The van der Waals surface area contributed by atoms with E-state index in [1.807, 2.05) is 72.8 Å². The van der Waals surface area contributed by atoms with Gasteiger partial charge >= 0.3 is 0 Å². The van der Waals surface area contributed by atoms with Gasteiger partial charge in [-0.3, -0.25) is 9.59 Å². The topological polar surface area (TPSA) is 67.4 Å². The van der Waals surface area contributed by atoms with Crippen molar-refractivity contribution in [1.82, 2.24) is 5.32 Å². The Kier molecular flexibility index (Phi) is 7.00. The minimum Gasteiger partial charge on any atom is -0.497 e. The Morgan fingerprint density at radius 1 is 0.897 bits per heavy atom. The van der Waals surface area contributed by atoms with Crippen molar-refractivity contribution in [1.29, 1.82) is 0 Å². The molecule has 1 atom stereocenters. The Morgan fingerprint density at radius 3 is 2.28 bits per heavy atom. The number of hydrogen-bond acceptors (Lipinski definition) is 3. The molecule has 1 unspecified atom stereocenters. The summed E-state index contributed by atoms with van der Waals surface area (Å²) in [5.74, 6) is -0.217. The van der Waals surface area contributed by atoms with Crippen LogP contribution in [0.4, 0.5) is 5.69 Å². The number of para-hydroxylation sites is 1. The van der Waals surface area contributed by atoms with Gasteiger partial charge < -0.3 is 15.4 Å². The van der Waals surface area contributed by atoms with Gasteiger partial charge in [-0.25, -0.2) is 0 Å². The van der Waals surface area contributed by atoms with Crippen molar-refractivity contribution in [3.63, 3.8) is 0 Å². The summed E-state index contributed by atoms with van der Waals surface area (Å²) >= 11 is 0. The van der Waals surface area contributed by atoms with Crippen molar-refractivity contribution >= 4 is 17.5 Å². The summed E-state index contributed by atoms with van der Waals surface area (Å²) in [5, 5.41) is 5.54. The first-order valence-corrected chi connectivity index (χ1v) is 9.46. The van der Waals surface area contributed by atoms with E-state index in [2.05, 4.69) is 10.6 Å². The average Bonchev–Trinajstić information content (AvgIpc) is 2.77.